The van der Waals surface area contributed by atoms with Crippen molar-refractivity contribution in [2.45, 2.75) is 26.2 Å². The van der Waals surface area contributed by atoms with Gasteiger partial charge in [-0.15, -0.1) is 0 Å². The van der Waals surface area contributed by atoms with Gasteiger partial charge in [-0.05, 0) is 25.3 Å². The van der Waals surface area contributed by atoms with Gasteiger partial charge in [0.1, 0.15) is 0 Å². The molecule has 1 heterocycles. The molecule has 0 aromatic carbocycles. The van der Waals surface area contributed by atoms with Gasteiger partial charge in [-0.2, -0.15) is 0 Å². The summed E-state index contributed by atoms with van der Waals surface area (Å²) in [6, 6.07) is 0. The third kappa shape index (κ3) is 3.18. The summed E-state index contributed by atoms with van der Waals surface area (Å²) in [7, 11) is 0. The minimum atomic E-state index is -0.172. The van der Waals surface area contributed by atoms with Crippen LogP contribution in [0.3, 0.4) is 0 Å². The second-order valence-electron chi connectivity index (χ2n) is 3.80. The fraction of sp³-hybridized carbons (Fsp3) is 0.900. The molecule has 0 saturated carbocycles. The predicted octanol–water partition coefficient (Wildman–Crippen LogP) is 1.20. The minimum Gasteiger partial charge on any atom is -0.449 e. The molecular weight excluding hydrogens is 180 g/mol. The zero-order valence-corrected chi connectivity index (χ0v) is 8.87. The van der Waals surface area contributed by atoms with Crippen LogP contribution in [0.2, 0.25) is 0 Å². The fourth-order valence-corrected chi connectivity index (χ4v) is 1.59. The normalized spacial score (nSPS) is 21.3. The molecule has 1 unspecified atom stereocenters. The zero-order valence-electron chi connectivity index (χ0n) is 8.87. The van der Waals surface area contributed by atoms with Gasteiger partial charge in [0.05, 0.1) is 6.61 Å². The van der Waals surface area contributed by atoms with Crippen LogP contribution in [0, 0.1) is 5.92 Å². The van der Waals surface area contributed by atoms with Gasteiger partial charge < -0.3 is 15.4 Å². The summed E-state index contributed by atoms with van der Waals surface area (Å²) in [4.78, 5) is 13.2. The van der Waals surface area contributed by atoms with Crippen molar-refractivity contribution in [2.75, 3.05) is 26.2 Å². The molecule has 1 fully saturated rings. The van der Waals surface area contributed by atoms with Crippen molar-refractivity contribution in [2.24, 2.45) is 11.7 Å². The first-order valence-electron chi connectivity index (χ1n) is 5.39. The van der Waals surface area contributed by atoms with E-state index < -0.39 is 0 Å². The minimum absolute atomic E-state index is 0.172. The van der Waals surface area contributed by atoms with Gasteiger partial charge in [0.2, 0.25) is 0 Å². The standard InChI is InChI=1S/C10H20N2O2/c1-2-3-6-14-10(13)12-5-4-9(7-11)8-12/h9H,2-8,11H2,1H3. The Morgan fingerprint density at radius 2 is 2.43 bits per heavy atom. The molecule has 4 heteroatoms. The van der Waals surface area contributed by atoms with Crippen molar-refractivity contribution in [3.63, 3.8) is 0 Å². The largest absolute Gasteiger partial charge is 0.449 e. The molecule has 0 radical (unpaired) electrons. The highest BCUT2D eigenvalue weighted by atomic mass is 16.6. The summed E-state index contributed by atoms with van der Waals surface area (Å²) in [6.45, 7) is 4.85. The van der Waals surface area contributed by atoms with Gasteiger partial charge in [-0.25, -0.2) is 4.79 Å². The number of hydrogen-bond acceptors (Lipinski definition) is 3. The van der Waals surface area contributed by atoms with Crippen LogP contribution < -0.4 is 5.73 Å². The van der Waals surface area contributed by atoms with Crippen LogP contribution in [0.25, 0.3) is 0 Å². The number of unbranched alkanes of at least 4 members (excludes halogenated alkanes) is 1. The lowest BCUT2D eigenvalue weighted by Gasteiger charge is -2.15. The lowest BCUT2D eigenvalue weighted by Crippen LogP contribution is -2.30. The third-order valence-corrected chi connectivity index (χ3v) is 2.60. The molecule has 0 aromatic rings. The van der Waals surface area contributed by atoms with Gasteiger partial charge in [0.15, 0.2) is 0 Å². The number of hydrogen-bond donors (Lipinski definition) is 1. The van der Waals surface area contributed by atoms with Gasteiger partial charge in [-0.3, -0.25) is 0 Å². The molecule has 1 rings (SSSR count). The Morgan fingerprint density at radius 3 is 3.00 bits per heavy atom. The molecule has 1 amide bonds. The maximum atomic E-state index is 11.4. The van der Waals surface area contributed by atoms with E-state index in [1.54, 1.807) is 4.90 Å². The second kappa shape index (κ2) is 5.86. The number of carbonyl (C=O) groups excluding carboxylic acids is 1. The highest BCUT2D eigenvalue weighted by Crippen LogP contribution is 2.15. The summed E-state index contributed by atoms with van der Waals surface area (Å²) >= 11 is 0. The molecule has 0 spiro atoms. The van der Waals surface area contributed by atoms with Crippen molar-refractivity contribution >= 4 is 6.09 Å². The lowest BCUT2D eigenvalue weighted by molar-refractivity contribution is 0.108. The Bertz CT molecular complexity index is 185. The third-order valence-electron chi connectivity index (χ3n) is 2.60. The molecule has 1 aliphatic rings. The van der Waals surface area contributed by atoms with E-state index in [1.807, 2.05) is 0 Å². The van der Waals surface area contributed by atoms with Crippen LogP contribution in [0.15, 0.2) is 0 Å². The Labute approximate surface area is 85.4 Å². The SMILES string of the molecule is CCCCOC(=O)N1CCC(CN)C1. The van der Waals surface area contributed by atoms with E-state index in [9.17, 15) is 4.79 Å². The number of ether oxygens (including phenoxy) is 1. The van der Waals surface area contributed by atoms with E-state index in [0.29, 0.717) is 19.1 Å². The predicted molar refractivity (Wildman–Crippen MR) is 55.0 cm³/mol. The average molecular weight is 200 g/mol. The Balaban J connectivity index is 2.18. The molecule has 2 N–H and O–H groups in total. The molecule has 14 heavy (non-hydrogen) atoms. The number of carbonyl (C=O) groups is 1. The second-order valence-corrected chi connectivity index (χ2v) is 3.80. The van der Waals surface area contributed by atoms with E-state index in [0.717, 1.165) is 32.4 Å². The number of nitrogens with zero attached hydrogens (tertiary/aromatic N) is 1. The first kappa shape index (κ1) is 11.3. The van der Waals surface area contributed by atoms with Crippen LogP contribution in [-0.4, -0.2) is 37.2 Å². The van der Waals surface area contributed by atoms with Gasteiger partial charge in [0.25, 0.3) is 0 Å². The van der Waals surface area contributed by atoms with Crippen molar-refractivity contribution in [3.05, 3.63) is 0 Å². The Kier molecular flexibility index (Phi) is 4.73. The molecular formula is C10H20N2O2. The lowest BCUT2D eigenvalue weighted by atomic mass is 10.1. The Morgan fingerprint density at radius 1 is 1.64 bits per heavy atom. The highest BCUT2D eigenvalue weighted by Gasteiger charge is 2.25. The monoisotopic (exact) mass is 200 g/mol. The van der Waals surface area contributed by atoms with E-state index in [-0.39, 0.29) is 6.09 Å². The van der Waals surface area contributed by atoms with Crippen molar-refractivity contribution in [3.8, 4) is 0 Å². The van der Waals surface area contributed by atoms with Crippen molar-refractivity contribution in [1.82, 2.24) is 4.90 Å². The first-order valence-corrected chi connectivity index (χ1v) is 5.39. The molecule has 82 valence electrons. The van der Waals surface area contributed by atoms with E-state index in [4.69, 9.17) is 10.5 Å². The Hall–Kier alpha value is -0.770. The molecule has 0 aliphatic carbocycles. The van der Waals surface area contributed by atoms with E-state index in [2.05, 4.69) is 6.92 Å². The van der Waals surface area contributed by atoms with Crippen LogP contribution in [0.1, 0.15) is 26.2 Å². The molecule has 1 aliphatic heterocycles. The summed E-state index contributed by atoms with van der Waals surface area (Å²) in [5.74, 6) is 0.466. The van der Waals surface area contributed by atoms with Gasteiger partial charge in [-0.1, -0.05) is 13.3 Å². The van der Waals surface area contributed by atoms with Crippen LogP contribution in [0.5, 0.6) is 0 Å². The van der Waals surface area contributed by atoms with E-state index >= 15 is 0 Å². The molecule has 0 bridgehead atoms. The average Bonchev–Trinajstić information content (AvgIpc) is 2.66. The summed E-state index contributed by atoms with van der Waals surface area (Å²) in [5, 5.41) is 0. The molecule has 4 nitrogen and oxygen atoms in total. The molecule has 0 aromatic heterocycles. The number of amides is 1. The summed E-state index contributed by atoms with van der Waals surface area (Å²) < 4.78 is 5.11. The van der Waals surface area contributed by atoms with E-state index in [1.165, 1.54) is 0 Å². The summed E-state index contributed by atoms with van der Waals surface area (Å²) in [5.41, 5.74) is 5.54. The fourth-order valence-electron chi connectivity index (χ4n) is 1.59. The van der Waals surface area contributed by atoms with Crippen LogP contribution in [-0.2, 0) is 4.74 Å². The zero-order chi connectivity index (χ0) is 10.4. The maximum absolute atomic E-state index is 11.4. The highest BCUT2D eigenvalue weighted by molar-refractivity contribution is 5.67. The van der Waals surface area contributed by atoms with Crippen LogP contribution >= 0.6 is 0 Å². The number of nitrogens with two attached hydrogens (primary N) is 1. The smallest absolute Gasteiger partial charge is 0.409 e. The molecule has 1 atom stereocenters. The van der Waals surface area contributed by atoms with Crippen molar-refractivity contribution < 1.29 is 9.53 Å². The first-order chi connectivity index (χ1) is 6.77. The maximum Gasteiger partial charge on any atom is 0.409 e. The van der Waals surface area contributed by atoms with Gasteiger partial charge in [0, 0.05) is 13.1 Å². The van der Waals surface area contributed by atoms with Crippen LogP contribution in [0.4, 0.5) is 4.79 Å². The summed E-state index contributed by atoms with van der Waals surface area (Å²) in [6.07, 6.45) is 2.84. The number of likely N-dealkylation sites (tertiary alicyclic amines) is 1. The topological polar surface area (TPSA) is 55.6 Å². The van der Waals surface area contributed by atoms with Gasteiger partial charge >= 0.3 is 6.09 Å². The number of rotatable bonds is 4. The quantitative estimate of drug-likeness (QED) is 0.694. The molecule has 1 saturated heterocycles. The van der Waals surface area contributed by atoms with Crippen molar-refractivity contribution in [1.29, 1.82) is 0 Å².